The number of sulfonamides is 1. The first-order chi connectivity index (χ1) is 14.7. The predicted molar refractivity (Wildman–Crippen MR) is 119 cm³/mol. The van der Waals surface area contributed by atoms with Gasteiger partial charge in [-0.2, -0.15) is 0 Å². The summed E-state index contributed by atoms with van der Waals surface area (Å²) in [6, 6.07) is 21.4. The van der Waals surface area contributed by atoms with Crippen molar-refractivity contribution < 1.29 is 22.7 Å². The van der Waals surface area contributed by atoms with Crippen LogP contribution in [-0.2, 0) is 14.8 Å². The molecule has 3 N–H and O–H groups in total. The molecule has 9 heteroatoms. The Kier molecular flexibility index (Phi) is 6.56. The number of para-hydroxylation sites is 3. The van der Waals surface area contributed by atoms with Crippen LogP contribution in [0.5, 0.6) is 11.5 Å². The third-order valence-electron chi connectivity index (χ3n) is 4.25. The summed E-state index contributed by atoms with van der Waals surface area (Å²) < 4.78 is 31.8. The van der Waals surface area contributed by atoms with Crippen LogP contribution in [-0.4, -0.2) is 33.0 Å². The van der Waals surface area contributed by atoms with Gasteiger partial charge in [-0.25, -0.2) is 8.42 Å². The number of carbonyl (C=O) groups is 2. The van der Waals surface area contributed by atoms with Crippen molar-refractivity contribution >= 4 is 33.2 Å². The molecule has 0 atom stereocenters. The minimum Gasteiger partial charge on any atom is -0.455 e. The molecule has 0 heterocycles. The zero-order chi connectivity index (χ0) is 22.4. The normalized spacial score (nSPS) is 10.9. The first kappa shape index (κ1) is 21.8. The van der Waals surface area contributed by atoms with E-state index in [4.69, 9.17) is 10.5 Å². The fourth-order valence-electron chi connectivity index (χ4n) is 2.79. The van der Waals surface area contributed by atoms with Gasteiger partial charge in [0, 0.05) is 11.3 Å². The molecule has 160 valence electrons. The Balaban J connectivity index is 1.83. The molecule has 0 bridgehead atoms. The number of rotatable bonds is 8. The molecular weight excluding hydrogens is 418 g/mol. The molecule has 3 aromatic carbocycles. The van der Waals surface area contributed by atoms with Gasteiger partial charge in [0.1, 0.15) is 12.3 Å². The Morgan fingerprint density at radius 3 is 2.16 bits per heavy atom. The zero-order valence-corrected chi connectivity index (χ0v) is 17.5. The quantitative estimate of drug-likeness (QED) is 0.559. The Morgan fingerprint density at radius 1 is 0.935 bits per heavy atom. The topological polar surface area (TPSA) is 119 Å². The molecule has 8 nitrogen and oxygen atoms in total. The number of anilines is 2. The van der Waals surface area contributed by atoms with Crippen LogP contribution in [0.15, 0.2) is 78.9 Å². The number of nitrogens with zero attached hydrogens (tertiary/aromatic N) is 1. The van der Waals surface area contributed by atoms with Crippen LogP contribution in [0.2, 0.25) is 0 Å². The fraction of sp³-hybridized carbons (Fsp3) is 0.0909. The summed E-state index contributed by atoms with van der Waals surface area (Å²) in [6.07, 6.45) is 1.02. The molecule has 0 spiro atoms. The molecule has 0 fully saturated rings. The maximum absolute atomic E-state index is 12.6. The summed E-state index contributed by atoms with van der Waals surface area (Å²) in [5, 5.41) is 2.61. The van der Waals surface area contributed by atoms with Gasteiger partial charge in [-0.15, -0.1) is 0 Å². The smallest absolute Gasteiger partial charge is 0.248 e. The fourth-order valence-corrected chi connectivity index (χ4v) is 3.65. The Labute approximate surface area is 180 Å². The molecule has 0 aliphatic heterocycles. The molecule has 0 saturated carbocycles. The molecule has 0 unspecified atom stereocenters. The summed E-state index contributed by atoms with van der Waals surface area (Å²) in [6.45, 7) is -0.467. The van der Waals surface area contributed by atoms with Gasteiger partial charge in [0.2, 0.25) is 21.8 Å². The van der Waals surface area contributed by atoms with Crippen molar-refractivity contribution in [2.75, 3.05) is 22.4 Å². The Bertz CT molecular complexity index is 1180. The average molecular weight is 439 g/mol. The monoisotopic (exact) mass is 439 g/mol. The molecule has 2 amide bonds. The van der Waals surface area contributed by atoms with E-state index in [0.29, 0.717) is 17.0 Å². The number of nitrogens with one attached hydrogen (secondary N) is 1. The lowest BCUT2D eigenvalue weighted by Gasteiger charge is -2.24. The van der Waals surface area contributed by atoms with Crippen LogP contribution in [0, 0.1) is 0 Å². The number of hydrogen-bond donors (Lipinski definition) is 2. The highest BCUT2D eigenvalue weighted by Crippen LogP contribution is 2.33. The van der Waals surface area contributed by atoms with Crippen molar-refractivity contribution in [3.63, 3.8) is 0 Å². The van der Waals surface area contributed by atoms with Crippen LogP contribution in [0.25, 0.3) is 0 Å². The predicted octanol–water partition coefficient (Wildman–Crippen LogP) is 2.98. The van der Waals surface area contributed by atoms with E-state index in [1.165, 1.54) is 24.3 Å². The third-order valence-corrected chi connectivity index (χ3v) is 5.37. The average Bonchev–Trinajstić information content (AvgIpc) is 2.73. The van der Waals surface area contributed by atoms with E-state index >= 15 is 0 Å². The number of hydrogen-bond acceptors (Lipinski definition) is 5. The lowest BCUT2D eigenvalue weighted by atomic mass is 10.2. The molecular formula is C22H21N3O5S. The van der Waals surface area contributed by atoms with E-state index in [2.05, 4.69) is 5.32 Å². The van der Waals surface area contributed by atoms with E-state index < -0.39 is 28.4 Å². The van der Waals surface area contributed by atoms with Crippen LogP contribution >= 0.6 is 0 Å². The summed E-state index contributed by atoms with van der Waals surface area (Å²) in [5.41, 5.74) is 6.13. The van der Waals surface area contributed by atoms with Gasteiger partial charge in [0.25, 0.3) is 0 Å². The number of nitrogens with two attached hydrogens (primary N) is 1. The lowest BCUT2D eigenvalue weighted by Crippen LogP contribution is -2.37. The Morgan fingerprint density at radius 2 is 1.55 bits per heavy atom. The highest BCUT2D eigenvalue weighted by Gasteiger charge is 2.24. The van der Waals surface area contributed by atoms with Crippen molar-refractivity contribution in [1.29, 1.82) is 0 Å². The van der Waals surface area contributed by atoms with Crippen LogP contribution in [0.4, 0.5) is 11.4 Å². The van der Waals surface area contributed by atoms with E-state index in [1.807, 2.05) is 6.07 Å². The molecule has 0 aliphatic carbocycles. The van der Waals surface area contributed by atoms with E-state index in [9.17, 15) is 18.0 Å². The van der Waals surface area contributed by atoms with Gasteiger partial charge in [0.05, 0.1) is 11.9 Å². The van der Waals surface area contributed by atoms with Crippen molar-refractivity contribution in [3.05, 3.63) is 84.4 Å². The molecule has 3 aromatic rings. The summed E-state index contributed by atoms with van der Waals surface area (Å²) in [7, 11) is -3.81. The zero-order valence-electron chi connectivity index (χ0n) is 16.7. The molecule has 0 radical (unpaired) electrons. The van der Waals surface area contributed by atoms with Gasteiger partial charge in [-0.3, -0.25) is 13.9 Å². The van der Waals surface area contributed by atoms with Gasteiger partial charge >= 0.3 is 0 Å². The maximum Gasteiger partial charge on any atom is 0.248 e. The second kappa shape index (κ2) is 9.31. The second-order valence-electron chi connectivity index (χ2n) is 6.64. The number of benzene rings is 3. The molecule has 31 heavy (non-hydrogen) atoms. The van der Waals surface area contributed by atoms with Crippen LogP contribution in [0.1, 0.15) is 10.4 Å². The molecule has 0 aliphatic rings. The maximum atomic E-state index is 12.6. The summed E-state index contributed by atoms with van der Waals surface area (Å²) in [5.74, 6) is -0.331. The van der Waals surface area contributed by atoms with Gasteiger partial charge < -0.3 is 15.8 Å². The van der Waals surface area contributed by atoms with E-state index in [0.717, 1.165) is 10.6 Å². The van der Waals surface area contributed by atoms with Crippen LogP contribution < -0.4 is 20.1 Å². The molecule has 3 rings (SSSR count). The lowest BCUT2D eigenvalue weighted by molar-refractivity contribution is -0.114. The van der Waals surface area contributed by atoms with Crippen molar-refractivity contribution in [2.24, 2.45) is 5.73 Å². The minimum atomic E-state index is -3.81. The van der Waals surface area contributed by atoms with Crippen molar-refractivity contribution in [3.8, 4) is 11.5 Å². The second-order valence-corrected chi connectivity index (χ2v) is 8.55. The number of primary amides is 1. The van der Waals surface area contributed by atoms with E-state index in [1.54, 1.807) is 48.5 Å². The standard InChI is InChI=1S/C22H21N3O5S/c1-31(28,29)25(15-21(26)24-17-13-11-16(12-14-17)22(23)27)19-9-5-6-10-20(19)30-18-7-3-2-4-8-18/h2-14H,15H2,1H3,(H2,23,27)(H,24,26). The SMILES string of the molecule is CS(=O)(=O)N(CC(=O)Nc1ccc(C(N)=O)cc1)c1ccccc1Oc1ccccc1. The van der Waals surface area contributed by atoms with Gasteiger partial charge in [-0.1, -0.05) is 30.3 Å². The summed E-state index contributed by atoms with van der Waals surface area (Å²) in [4.78, 5) is 23.7. The molecule has 0 saturated heterocycles. The minimum absolute atomic E-state index is 0.230. The number of amides is 2. The van der Waals surface area contributed by atoms with Crippen molar-refractivity contribution in [1.82, 2.24) is 0 Å². The first-order valence-corrected chi connectivity index (χ1v) is 11.1. The Hall–Kier alpha value is -3.85. The van der Waals surface area contributed by atoms with Crippen LogP contribution in [0.3, 0.4) is 0 Å². The summed E-state index contributed by atoms with van der Waals surface area (Å²) >= 11 is 0. The first-order valence-electron chi connectivity index (χ1n) is 9.23. The highest BCUT2D eigenvalue weighted by atomic mass is 32.2. The third kappa shape index (κ3) is 5.83. The largest absolute Gasteiger partial charge is 0.455 e. The van der Waals surface area contributed by atoms with Gasteiger partial charge in [0.15, 0.2) is 5.75 Å². The number of carbonyl (C=O) groups excluding carboxylic acids is 2. The highest BCUT2D eigenvalue weighted by molar-refractivity contribution is 7.92. The van der Waals surface area contributed by atoms with E-state index in [-0.39, 0.29) is 11.4 Å². The number of ether oxygens (including phenoxy) is 1. The van der Waals surface area contributed by atoms with Crippen molar-refractivity contribution in [2.45, 2.75) is 0 Å². The van der Waals surface area contributed by atoms with Gasteiger partial charge in [-0.05, 0) is 48.5 Å². The molecule has 0 aromatic heterocycles.